The molecule has 0 fully saturated rings. The zero-order valence-electron chi connectivity index (χ0n) is 11.0. The molecule has 0 saturated heterocycles. The lowest BCUT2D eigenvalue weighted by Gasteiger charge is -2.19. The Morgan fingerprint density at radius 2 is 1.95 bits per heavy atom. The minimum Gasteiger partial charge on any atom is -0.379 e. The van der Waals surface area contributed by atoms with Gasteiger partial charge in [0.05, 0.1) is 26.4 Å². The Hall–Kier alpha value is -1.82. The van der Waals surface area contributed by atoms with Gasteiger partial charge in [0.25, 0.3) is 0 Å². The quantitative estimate of drug-likeness (QED) is 0.134. The van der Waals surface area contributed by atoms with Gasteiger partial charge in [-0.1, -0.05) is 17.8 Å². The van der Waals surface area contributed by atoms with Crippen LogP contribution in [0.5, 0.6) is 0 Å². The van der Waals surface area contributed by atoms with Gasteiger partial charge in [-0.15, -0.1) is 6.58 Å². The van der Waals surface area contributed by atoms with Crippen LogP contribution >= 0.6 is 0 Å². The van der Waals surface area contributed by atoms with Crippen molar-refractivity contribution < 1.29 is 14.3 Å². The molecule has 0 spiro atoms. The molecule has 0 aromatic heterocycles. The van der Waals surface area contributed by atoms with E-state index in [-0.39, 0.29) is 5.91 Å². The van der Waals surface area contributed by atoms with Crippen LogP contribution < -0.4 is 0 Å². The number of azide groups is 1. The van der Waals surface area contributed by atoms with Crippen molar-refractivity contribution in [2.24, 2.45) is 5.11 Å². The lowest BCUT2D eigenvalue weighted by molar-refractivity contribution is -0.126. The first-order valence-corrected chi connectivity index (χ1v) is 5.94. The second kappa shape index (κ2) is 12.6. The van der Waals surface area contributed by atoms with Crippen LogP contribution in [-0.2, 0) is 14.3 Å². The van der Waals surface area contributed by atoms with Crippen LogP contribution in [0.3, 0.4) is 0 Å². The molecule has 0 saturated carbocycles. The van der Waals surface area contributed by atoms with E-state index in [0.29, 0.717) is 46.1 Å². The highest BCUT2D eigenvalue weighted by molar-refractivity contribution is 5.87. The van der Waals surface area contributed by atoms with Crippen LogP contribution in [0.4, 0.5) is 0 Å². The number of hydrogen-bond acceptors (Lipinski definition) is 4. The summed E-state index contributed by atoms with van der Waals surface area (Å²) in [5, 5.41) is 3.33. The summed E-state index contributed by atoms with van der Waals surface area (Å²) in [6.45, 7) is 9.95. The largest absolute Gasteiger partial charge is 0.379 e. The zero-order chi connectivity index (χ0) is 14.3. The highest BCUT2D eigenvalue weighted by Crippen LogP contribution is 1.92. The summed E-state index contributed by atoms with van der Waals surface area (Å²) in [6, 6.07) is 0. The second-order valence-electron chi connectivity index (χ2n) is 3.46. The van der Waals surface area contributed by atoms with Gasteiger partial charge in [0.1, 0.15) is 0 Å². The molecule has 0 unspecified atom stereocenters. The molecule has 0 bridgehead atoms. The van der Waals surface area contributed by atoms with Gasteiger partial charge < -0.3 is 14.4 Å². The van der Waals surface area contributed by atoms with Crippen molar-refractivity contribution in [1.29, 1.82) is 0 Å². The molecular weight excluding hydrogens is 248 g/mol. The minimum absolute atomic E-state index is 0.144. The van der Waals surface area contributed by atoms with Gasteiger partial charge >= 0.3 is 0 Å². The van der Waals surface area contributed by atoms with E-state index in [1.54, 1.807) is 11.0 Å². The summed E-state index contributed by atoms with van der Waals surface area (Å²) in [7, 11) is 0. The van der Waals surface area contributed by atoms with Gasteiger partial charge in [-0.2, -0.15) is 0 Å². The molecule has 1 amide bonds. The van der Waals surface area contributed by atoms with Gasteiger partial charge in [0, 0.05) is 24.5 Å². The summed E-state index contributed by atoms with van der Waals surface area (Å²) >= 11 is 0. The van der Waals surface area contributed by atoms with Crippen molar-refractivity contribution in [3.8, 4) is 0 Å². The Balaban J connectivity index is 3.54. The highest BCUT2D eigenvalue weighted by Gasteiger charge is 2.07. The predicted molar refractivity (Wildman–Crippen MR) is 72.6 cm³/mol. The van der Waals surface area contributed by atoms with Gasteiger partial charge in [-0.25, -0.2) is 0 Å². The number of ether oxygens (including phenoxy) is 2. The first-order chi connectivity index (χ1) is 9.26. The third kappa shape index (κ3) is 9.84. The Morgan fingerprint density at radius 1 is 1.26 bits per heavy atom. The maximum absolute atomic E-state index is 11.4. The lowest BCUT2D eigenvalue weighted by atomic mass is 10.4. The van der Waals surface area contributed by atoms with E-state index in [4.69, 9.17) is 15.0 Å². The molecule has 0 aliphatic carbocycles. The summed E-state index contributed by atoms with van der Waals surface area (Å²) in [4.78, 5) is 15.6. The number of amides is 1. The summed E-state index contributed by atoms with van der Waals surface area (Å²) in [5.74, 6) is -0.144. The number of rotatable bonds is 12. The smallest absolute Gasteiger partial charge is 0.246 e. The van der Waals surface area contributed by atoms with E-state index in [1.807, 2.05) is 0 Å². The Labute approximate surface area is 113 Å². The topological polar surface area (TPSA) is 87.5 Å². The monoisotopic (exact) mass is 268 g/mol. The Morgan fingerprint density at radius 3 is 2.53 bits per heavy atom. The van der Waals surface area contributed by atoms with Gasteiger partial charge in [-0.3, -0.25) is 4.79 Å². The lowest BCUT2D eigenvalue weighted by Crippen LogP contribution is -2.33. The molecule has 0 rings (SSSR count). The van der Waals surface area contributed by atoms with Crippen LogP contribution in [0.1, 0.15) is 0 Å². The standard InChI is InChI=1S/C12H20N4O3/c1-3-6-16(12(17)4-2)7-9-19-11-10-18-8-5-14-15-13/h3-4H,1-2,5-11H2. The fourth-order valence-corrected chi connectivity index (χ4v) is 1.22. The molecular formula is C12H20N4O3. The summed E-state index contributed by atoms with van der Waals surface area (Å²) < 4.78 is 10.5. The molecule has 7 heteroatoms. The summed E-state index contributed by atoms with van der Waals surface area (Å²) in [5.41, 5.74) is 8.03. The van der Waals surface area contributed by atoms with Crippen molar-refractivity contribution >= 4 is 5.91 Å². The SMILES string of the molecule is C=CCN(CCOCCOCCN=[N+]=[N-])C(=O)C=C. The predicted octanol–water partition coefficient (Wildman–Crippen LogP) is 1.53. The molecule has 0 radical (unpaired) electrons. The molecule has 0 atom stereocenters. The van der Waals surface area contributed by atoms with Crippen molar-refractivity contribution in [1.82, 2.24) is 4.90 Å². The fraction of sp³-hybridized carbons (Fsp3) is 0.583. The molecule has 106 valence electrons. The van der Waals surface area contributed by atoms with E-state index in [9.17, 15) is 4.79 Å². The number of carbonyl (C=O) groups is 1. The zero-order valence-corrected chi connectivity index (χ0v) is 11.0. The normalized spacial score (nSPS) is 9.47. The number of hydrogen-bond donors (Lipinski definition) is 0. The van der Waals surface area contributed by atoms with Crippen molar-refractivity contribution in [3.05, 3.63) is 35.8 Å². The van der Waals surface area contributed by atoms with Gasteiger partial charge in [0.2, 0.25) is 5.91 Å². The third-order valence-corrected chi connectivity index (χ3v) is 2.11. The first kappa shape index (κ1) is 17.2. The average molecular weight is 268 g/mol. The highest BCUT2D eigenvalue weighted by atomic mass is 16.5. The van der Waals surface area contributed by atoms with Crippen molar-refractivity contribution in [3.63, 3.8) is 0 Å². The molecule has 7 nitrogen and oxygen atoms in total. The fourth-order valence-electron chi connectivity index (χ4n) is 1.22. The Bertz CT molecular complexity index is 327. The van der Waals surface area contributed by atoms with E-state index < -0.39 is 0 Å². The van der Waals surface area contributed by atoms with Crippen molar-refractivity contribution in [2.75, 3.05) is 46.1 Å². The summed E-state index contributed by atoms with van der Waals surface area (Å²) in [6.07, 6.45) is 2.92. The van der Waals surface area contributed by atoms with E-state index in [2.05, 4.69) is 23.2 Å². The van der Waals surface area contributed by atoms with Gasteiger partial charge in [0.15, 0.2) is 0 Å². The molecule has 19 heavy (non-hydrogen) atoms. The third-order valence-electron chi connectivity index (χ3n) is 2.11. The van der Waals surface area contributed by atoms with Crippen LogP contribution in [0.15, 0.2) is 30.4 Å². The van der Waals surface area contributed by atoms with E-state index in [0.717, 1.165) is 0 Å². The van der Waals surface area contributed by atoms with Gasteiger partial charge in [-0.05, 0) is 11.6 Å². The molecule has 0 aromatic carbocycles. The maximum Gasteiger partial charge on any atom is 0.246 e. The molecule has 0 aromatic rings. The maximum atomic E-state index is 11.4. The van der Waals surface area contributed by atoms with E-state index >= 15 is 0 Å². The van der Waals surface area contributed by atoms with Crippen LogP contribution in [0.2, 0.25) is 0 Å². The second-order valence-corrected chi connectivity index (χ2v) is 3.46. The number of nitrogens with zero attached hydrogens (tertiary/aromatic N) is 4. The molecule has 0 aliphatic heterocycles. The van der Waals surface area contributed by atoms with Crippen LogP contribution in [-0.4, -0.2) is 56.9 Å². The van der Waals surface area contributed by atoms with Crippen LogP contribution in [0, 0.1) is 0 Å². The first-order valence-electron chi connectivity index (χ1n) is 5.94. The Kier molecular flexibility index (Phi) is 11.4. The van der Waals surface area contributed by atoms with Crippen molar-refractivity contribution in [2.45, 2.75) is 0 Å². The van der Waals surface area contributed by atoms with Crippen LogP contribution in [0.25, 0.3) is 10.4 Å². The number of carbonyl (C=O) groups excluding carboxylic acids is 1. The molecule has 0 N–H and O–H groups in total. The molecule has 0 aliphatic rings. The average Bonchev–Trinajstić information content (AvgIpc) is 2.43. The molecule has 0 heterocycles. The minimum atomic E-state index is -0.144. The van der Waals surface area contributed by atoms with E-state index in [1.165, 1.54) is 6.08 Å².